The summed E-state index contributed by atoms with van der Waals surface area (Å²) in [5, 5.41) is 1.37. The second kappa shape index (κ2) is 8.45. The minimum atomic E-state index is -0.474. The van der Waals surface area contributed by atoms with Gasteiger partial charge in [-0.05, 0) is 36.6 Å². The Bertz CT molecular complexity index is 1230. The average molecular weight is 406 g/mol. The van der Waals surface area contributed by atoms with Crippen LogP contribution in [0.15, 0.2) is 62.4 Å². The molecule has 6 heteroatoms. The number of unbranched alkanes of at least 4 members (excludes halogenated alkanes) is 1. The topological polar surface area (TPSA) is 78.9 Å². The highest BCUT2D eigenvalue weighted by molar-refractivity contribution is 5.86. The van der Waals surface area contributed by atoms with Crippen molar-refractivity contribution in [1.29, 1.82) is 0 Å². The van der Waals surface area contributed by atoms with Crippen molar-refractivity contribution in [2.75, 3.05) is 13.7 Å². The molecule has 2 aromatic heterocycles. The Kier molecular flexibility index (Phi) is 5.57. The van der Waals surface area contributed by atoms with Crippen LogP contribution in [-0.4, -0.2) is 19.7 Å². The lowest BCUT2D eigenvalue weighted by molar-refractivity contribution is -0.142. The first-order valence-corrected chi connectivity index (χ1v) is 9.87. The average Bonchev–Trinajstić information content (AvgIpc) is 3.20. The molecular formula is C24H22O6. The second-order valence-electron chi connectivity index (χ2n) is 7.05. The van der Waals surface area contributed by atoms with Crippen LogP contribution in [0.3, 0.4) is 0 Å². The molecule has 0 aliphatic carbocycles. The van der Waals surface area contributed by atoms with E-state index in [0.29, 0.717) is 33.6 Å². The Balaban J connectivity index is 1.79. The van der Waals surface area contributed by atoms with Crippen LogP contribution in [0.4, 0.5) is 0 Å². The van der Waals surface area contributed by atoms with E-state index in [0.717, 1.165) is 30.2 Å². The third kappa shape index (κ3) is 3.81. The lowest BCUT2D eigenvalue weighted by atomic mass is 10.0. The van der Waals surface area contributed by atoms with Crippen LogP contribution in [0.2, 0.25) is 0 Å². The van der Waals surface area contributed by atoms with E-state index in [1.54, 1.807) is 12.1 Å². The number of rotatable bonds is 7. The van der Waals surface area contributed by atoms with Crippen molar-refractivity contribution in [3.8, 4) is 17.1 Å². The van der Waals surface area contributed by atoms with E-state index in [-0.39, 0.29) is 12.0 Å². The number of carbonyl (C=O) groups excluding carboxylic acids is 1. The SMILES string of the molecule is CCCCc1cc2c(=O)c(-c3cc4ccccc4o3)coc2cc1OCC(=O)OC. The summed E-state index contributed by atoms with van der Waals surface area (Å²) < 4.78 is 21.9. The largest absolute Gasteiger partial charge is 0.481 e. The summed E-state index contributed by atoms with van der Waals surface area (Å²) in [6.07, 6.45) is 4.03. The van der Waals surface area contributed by atoms with Gasteiger partial charge in [-0.3, -0.25) is 4.79 Å². The number of hydrogen-bond acceptors (Lipinski definition) is 6. The third-order valence-electron chi connectivity index (χ3n) is 5.02. The van der Waals surface area contributed by atoms with Crippen LogP contribution < -0.4 is 10.2 Å². The number of furan rings is 1. The number of benzene rings is 2. The lowest BCUT2D eigenvalue weighted by Crippen LogP contribution is -2.14. The molecule has 0 aliphatic rings. The molecule has 0 radical (unpaired) electrons. The maximum atomic E-state index is 13.2. The molecule has 0 amide bonds. The molecule has 0 fully saturated rings. The first-order valence-electron chi connectivity index (χ1n) is 9.87. The molecule has 4 rings (SSSR count). The van der Waals surface area contributed by atoms with E-state index in [4.69, 9.17) is 13.6 Å². The van der Waals surface area contributed by atoms with Gasteiger partial charge < -0.3 is 18.3 Å². The summed E-state index contributed by atoms with van der Waals surface area (Å²) in [6, 6.07) is 12.9. The molecule has 4 aromatic rings. The van der Waals surface area contributed by atoms with Crippen molar-refractivity contribution < 1.29 is 23.1 Å². The number of para-hydroxylation sites is 1. The summed E-state index contributed by atoms with van der Waals surface area (Å²) in [5.41, 5.74) is 2.14. The Labute approximate surface area is 173 Å². The van der Waals surface area contributed by atoms with Crippen molar-refractivity contribution >= 4 is 27.9 Å². The van der Waals surface area contributed by atoms with Crippen LogP contribution in [-0.2, 0) is 16.0 Å². The van der Waals surface area contributed by atoms with Gasteiger partial charge >= 0.3 is 5.97 Å². The van der Waals surface area contributed by atoms with Crippen LogP contribution >= 0.6 is 0 Å². The normalized spacial score (nSPS) is 11.1. The standard InChI is InChI=1S/C24H22O6/c1-3-4-7-15-10-17-21(12-20(15)29-14-23(25)27-2)28-13-18(24(17)26)22-11-16-8-5-6-9-19(16)30-22/h5-6,8-13H,3-4,7,14H2,1-2H3. The van der Waals surface area contributed by atoms with Crippen molar-refractivity contribution in [2.24, 2.45) is 0 Å². The van der Waals surface area contributed by atoms with Crippen molar-refractivity contribution in [1.82, 2.24) is 0 Å². The van der Waals surface area contributed by atoms with Gasteiger partial charge in [0.2, 0.25) is 5.43 Å². The maximum absolute atomic E-state index is 13.2. The fourth-order valence-electron chi connectivity index (χ4n) is 3.38. The maximum Gasteiger partial charge on any atom is 0.343 e. The lowest BCUT2D eigenvalue weighted by Gasteiger charge is -2.12. The Hall–Kier alpha value is -3.54. The first kappa shape index (κ1) is 19.8. The fraction of sp³-hybridized carbons (Fsp3) is 0.250. The Morgan fingerprint density at radius 2 is 1.93 bits per heavy atom. The minimum Gasteiger partial charge on any atom is -0.481 e. The van der Waals surface area contributed by atoms with E-state index in [1.165, 1.54) is 13.4 Å². The van der Waals surface area contributed by atoms with Crippen LogP contribution in [0.25, 0.3) is 33.3 Å². The quantitative estimate of drug-likeness (QED) is 0.397. The van der Waals surface area contributed by atoms with Crippen molar-refractivity contribution in [3.05, 3.63) is 64.5 Å². The van der Waals surface area contributed by atoms with Gasteiger partial charge in [0.05, 0.1) is 12.5 Å². The van der Waals surface area contributed by atoms with Crippen LogP contribution in [0.5, 0.6) is 5.75 Å². The molecule has 0 atom stereocenters. The number of ether oxygens (including phenoxy) is 2. The molecule has 0 N–H and O–H groups in total. The summed E-state index contributed by atoms with van der Waals surface area (Å²) >= 11 is 0. The zero-order chi connectivity index (χ0) is 21.1. The molecule has 30 heavy (non-hydrogen) atoms. The molecular weight excluding hydrogens is 384 g/mol. The third-order valence-corrected chi connectivity index (χ3v) is 5.02. The van der Waals surface area contributed by atoms with E-state index < -0.39 is 5.97 Å². The predicted molar refractivity (Wildman–Crippen MR) is 114 cm³/mol. The summed E-state index contributed by atoms with van der Waals surface area (Å²) in [6.45, 7) is 1.88. The van der Waals surface area contributed by atoms with Gasteiger partial charge in [-0.15, -0.1) is 0 Å². The predicted octanol–water partition coefficient (Wildman–Crippen LogP) is 5.10. The molecule has 0 saturated heterocycles. The van der Waals surface area contributed by atoms with Crippen molar-refractivity contribution in [2.45, 2.75) is 26.2 Å². The monoisotopic (exact) mass is 406 g/mol. The van der Waals surface area contributed by atoms with Gasteiger partial charge in [0.15, 0.2) is 6.61 Å². The van der Waals surface area contributed by atoms with E-state index in [2.05, 4.69) is 11.7 Å². The van der Waals surface area contributed by atoms with Gasteiger partial charge in [-0.25, -0.2) is 4.79 Å². The highest BCUT2D eigenvalue weighted by Crippen LogP contribution is 2.30. The molecule has 2 aromatic carbocycles. The molecule has 0 bridgehead atoms. The van der Waals surface area contributed by atoms with Gasteiger partial charge in [0, 0.05) is 11.5 Å². The number of hydrogen-bond donors (Lipinski definition) is 0. The molecule has 0 spiro atoms. The molecule has 154 valence electrons. The zero-order valence-corrected chi connectivity index (χ0v) is 16.9. The van der Waals surface area contributed by atoms with Crippen molar-refractivity contribution in [3.63, 3.8) is 0 Å². The highest BCUT2D eigenvalue weighted by Gasteiger charge is 2.17. The highest BCUT2D eigenvalue weighted by atomic mass is 16.6. The van der Waals surface area contributed by atoms with E-state index >= 15 is 0 Å². The molecule has 6 nitrogen and oxygen atoms in total. The van der Waals surface area contributed by atoms with Gasteiger partial charge in [-0.2, -0.15) is 0 Å². The smallest absolute Gasteiger partial charge is 0.343 e. The van der Waals surface area contributed by atoms with Gasteiger partial charge in [0.25, 0.3) is 0 Å². The number of carbonyl (C=O) groups is 1. The number of esters is 1. The van der Waals surface area contributed by atoms with Gasteiger partial charge in [0.1, 0.15) is 34.5 Å². The number of methoxy groups -OCH3 is 1. The molecule has 0 aliphatic heterocycles. The van der Waals surface area contributed by atoms with Crippen LogP contribution in [0.1, 0.15) is 25.3 Å². The second-order valence-corrected chi connectivity index (χ2v) is 7.05. The molecule has 0 saturated carbocycles. The molecule has 2 heterocycles. The zero-order valence-electron chi connectivity index (χ0n) is 16.9. The summed E-state index contributed by atoms with van der Waals surface area (Å²) in [7, 11) is 1.31. The number of fused-ring (bicyclic) bond motifs is 2. The Morgan fingerprint density at radius 1 is 1.10 bits per heavy atom. The first-order chi connectivity index (χ1) is 14.6. The van der Waals surface area contributed by atoms with Gasteiger partial charge in [-0.1, -0.05) is 31.5 Å². The fourth-order valence-corrected chi connectivity index (χ4v) is 3.38. The van der Waals surface area contributed by atoms with E-state index in [9.17, 15) is 9.59 Å². The molecule has 0 unspecified atom stereocenters. The Morgan fingerprint density at radius 3 is 2.70 bits per heavy atom. The minimum absolute atomic E-state index is 0.174. The van der Waals surface area contributed by atoms with E-state index in [1.807, 2.05) is 30.3 Å². The number of aryl methyl sites for hydroxylation is 1. The van der Waals surface area contributed by atoms with Crippen LogP contribution in [0, 0.1) is 0 Å². The summed E-state index contributed by atoms with van der Waals surface area (Å²) in [4.78, 5) is 24.7. The summed E-state index contributed by atoms with van der Waals surface area (Å²) in [5.74, 6) is 0.507.